The molecular formula is C18H29NS2. The van der Waals surface area contributed by atoms with Gasteiger partial charge in [0.2, 0.25) is 0 Å². The van der Waals surface area contributed by atoms with Crippen LogP contribution in [0.15, 0.2) is 0 Å². The number of hydrogen-bond donors (Lipinski definition) is 0. The van der Waals surface area contributed by atoms with Crippen LogP contribution in [0.2, 0.25) is 0 Å². The first-order valence-corrected chi connectivity index (χ1v) is 10.3. The van der Waals surface area contributed by atoms with E-state index in [1.54, 1.807) is 0 Å². The highest BCUT2D eigenvalue weighted by atomic mass is 32.2. The van der Waals surface area contributed by atoms with E-state index >= 15 is 0 Å². The summed E-state index contributed by atoms with van der Waals surface area (Å²) < 4.78 is 1.76. The van der Waals surface area contributed by atoms with Crippen molar-refractivity contribution in [2.75, 3.05) is 13.1 Å². The SMILES string of the molecule is CCC12CC3CC(C1)CC(SC(=S)N1CCCCC1)(C3)C2. The summed E-state index contributed by atoms with van der Waals surface area (Å²) in [6.07, 6.45) is 14.5. The maximum Gasteiger partial charge on any atom is 0.136 e. The van der Waals surface area contributed by atoms with Gasteiger partial charge in [0.05, 0.1) is 0 Å². The first kappa shape index (κ1) is 14.8. The Morgan fingerprint density at radius 3 is 2.38 bits per heavy atom. The average molecular weight is 324 g/mol. The fourth-order valence-corrected chi connectivity index (χ4v) is 8.64. The number of nitrogens with zero attached hydrogens (tertiary/aromatic N) is 1. The fraction of sp³-hybridized carbons (Fsp3) is 0.944. The molecule has 1 nitrogen and oxygen atoms in total. The van der Waals surface area contributed by atoms with Gasteiger partial charge >= 0.3 is 0 Å². The van der Waals surface area contributed by atoms with E-state index in [0.717, 1.165) is 11.8 Å². The summed E-state index contributed by atoms with van der Waals surface area (Å²) in [4.78, 5) is 2.51. The summed E-state index contributed by atoms with van der Waals surface area (Å²) in [6.45, 7) is 4.87. The van der Waals surface area contributed by atoms with Gasteiger partial charge in [0.15, 0.2) is 0 Å². The lowest BCUT2D eigenvalue weighted by Crippen LogP contribution is -2.54. The minimum atomic E-state index is 0.522. The zero-order valence-corrected chi connectivity index (χ0v) is 15.0. The van der Waals surface area contributed by atoms with Crippen molar-refractivity contribution in [1.29, 1.82) is 0 Å². The van der Waals surface area contributed by atoms with Crippen molar-refractivity contribution in [3.05, 3.63) is 0 Å². The first-order valence-electron chi connectivity index (χ1n) is 9.10. The van der Waals surface area contributed by atoms with E-state index in [9.17, 15) is 0 Å². The van der Waals surface area contributed by atoms with Crippen molar-refractivity contribution >= 4 is 28.3 Å². The molecule has 3 heteroatoms. The lowest BCUT2D eigenvalue weighted by Gasteiger charge is -2.62. The Morgan fingerprint density at radius 1 is 1.10 bits per heavy atom. The maximum absolute atomic E-state index is 5.87. The quantitative estimate of drug-likeness (QED) is 0.640. The molecule has 0 aromatic heterocycles. The zero-order chi connectivity index (χ0) is 14.5. The molecule has 0 aromatic rings. The van der Waals surface area contributed by atoms with E-state index in [0.29, 0.717) is 10.2 Å². The van der Waals surface area contributed by atoms with Crippen LogP contribution in [0.3, 0.4) is 0 Å². The molecule has 21 heavy (non-hydrogen) atoms. The number of likely N-dealkylation sites (tertiary alicyclic amines) is 1. The Hall–Kier alpha value is 0.240. The summed E-state index contributed by atoms with van der Waals surface area (Å²) in [5.74, 6) is 2.03. The van der Waals surface area contributed by atoms with Crippen LogP contribution in [0, 0.1) is 17.3 Å². The summed E-state index contributed by atoms with van der Waals surface area (Å²) in [5, 5.41) is 0. The van der Waals surface area contributed by atoms with Gasteiger partial charge in [0, 0.05) is 17.8 Å². The third-order valence-electron chi connectivity index (χ3n) is 6.80. The highest BCUT2D eigenvalue weighted by Crippen LogP contribution is 2.66. The molecule has 1 saturated heterocycles. The summed E-state index contributed by atoms with van der Waals surface area (Å²) in [5.41, 5.74) is 0.689. The molecule has 0 N–H and O–H groups in total. The number of thioether (sulfide) groups is 1. The van der Waals surface area contributed by atoms with Crippen LogP contribution < -0.4 is 0 Å². The van der Waals surface area contributed by atoms with E-state index in [1.807, 2.05) is 0 Å². The third-order valence-corrected chi connectivity index (χ3v) is 8.65. The molecule has 2 unspecified atom stereocenters. The molecule has 0 radical (unpaired) electrons. The van der Waals surface area contributed by atoms with Gasteiger partial charge in [-0.1, -0.05) is 37.3 Å². The largest absolute Gasteiger partial charge is 0.358 e. The van der Waals surface area contributed by atoms with Crippen LogP contribution in [0.4, 0.5) is 0 Å². The topological polar surface area (TPSA) is 3.24 Å². The summed E-state index contributed by atoms with van der Waals surface area (Å²) in [6, 6.07) is 0. The third kappa shape index (κ3) is 2.67. The van der Waals surface area contributed by atoms with Gasteiger partial charge in [-0.05, 0) is 75.0 Å². The lowest BCUT2D eigenvalue weighted by atomic mass is 9.48. The molecule has 0 amide bonds. The van der Waals surface area contributed by atoms with E-state index in [2.05, 4.69) is 23.6 Å². The average Bonchev–Trinajstić information content (AvgIpc) is 2.46. The summed E-state index contributed by atoms with van der Waals surface area (Å²) in [7, 11) is 0. The van der Waals surface area contributed by atoms with Crippen LogP contribution in [0.1, 0.15) is 71.1 Å². The first-order chi connectivity index (χ1) is 10.1. The second kappa shape index (κ2) is 5.40. The van der Waals surface area contributed by atoms with E-state index < -0.39 is 0 Å². The minimum absolute atomic E-state index is 0.522. The van der Waals surface area contributed by atoms with Gasteiger partial charge in [0.25, 0.3) is 0 Å². The van der Waals surface area contributed by atoms with Crippen LogP contribution in [0.5, 0.6) is 0 Å². The van der Waals surface area contributed by atoms with Gasteiger partial charge in [0.1, 0.15) is 4.32 Å². The van der Waals surface area contributed by atoms with Crippen LogP contribution in [-0.2, 0) is 0 Å². The molecule has 1 heterocycles. The molecular weight excluding hydrogens is 294 g/mol. The number of piperidine rings is 1. The van der Waals surface area contributed by atoms with Crippen molar-refractivity contribution < 1.29 is 0 Å². The van der Waals surface area contributed by atoms with Crippen molar-refractivity contribution in [2.24, 2.45) is 17.3 Å². The Balaban J connectivity index is 1.50. The lowest BCUT2D eigenvalue weighted by molar-refractivity contribution is -0.0390. The molecule has 2 atom stereocenters. The Bertz CT molecular complexity index is 413. The Labute approximate surface area is 139 Å². The van der Waals surface area contributed by atoms with Crippen LogP contribution in [0.25, 0.3) is 0 Å². The van der Waals surface area contributed by atoms with Crippen molar-refractivity contribution in [2.45, 2.75) is 75.9 Å². The summed E-state index contributed by atoms with van der Waals surface area (Å²) >= 11 is 8.01. The van der Waals surface area contributed by atoms with Gasteiger partial charge < -0.3 is 4.90 Å². The highest BCUT2D eigenvalue weighted by molar-refractivity contribution is 8.23. The Morgan fingerprint density at radius 2 is 1.76 bits per heavy atom. The van der Waals surface area contributed by atoms with Crippen LogP contribution in [-0.4, -0.2) is 27.1 Å². The Kier molecular flexibility index (Phi) is 3.81. The molecule has 5 aliphatic rings. The van der Waals surface area contributed by atoms with E-state index in [4.69, 9.17) is 12.2 Å². The smallest absolute Gasteiger partial charge is 0.136 e. The van der Waals surface area contributed by atoms with Crippen LogP contribution >= 0.6 is 24.0 Å². The van der Waals surface area contributed by atoms with Crippen molar-refractivity contribution in [3.63, 3.8) is 0 Å². The van der Waals surface area contributed by atoms with Gasteiger partial charge in [-0.2, -0.15) is 0 Å². The second-order valence-corrected chi connectivity index (χ2v) is 10.5. The highest BCUT2D eigenvalue weighted by Gasteiger charge is 2.57. The molecule has 4 bridgehead atoms. The van der Waals surface area contributed by atoms with Gasteiger partial charge in [-0.3, -0.25) is 0 Å². The molecule has 118 valence electrons. The maximum atomic E-state index is 5.87. The van der Waals surface area contributed by atoms with E-state index in [-0.39, 0.29) is 0 Å². The number of rotatable bonds is 2. The van der Waals surface area contributed by atoms with Gasteiger partial charge in [-0.25, -0.2) is 0 Å². The molecule has 1 aliphatic heterocycles. The zero-order valence-electron chi connectivity index (χ0n) is 13.4. The predicted octanol–water partition coefficient (Wildman–Crippen LogP) is 5.24. The predicted molar refractivity (Wildman–Crippen MR) is 95.8 cm³/mol. The number of thiocarbonyl (C=S) groups is 1. The molecule has 5 rings (SSSR count). The standard InChI is InChI=1S/C18H29NS2/c1-2-17-9-14-8-15(10-17)12-18(11-14,13-17)21-16(20)19-6-4-3-5-7-19/h14-15H,2-13H2,1H3. The monoisotopic (exact) mass is 323 g/mol. The second-order valence-electron chi connectivity index (χ2n) is 8.41. The normalized spacial score (nSPS) is 45.1. The molecule has 4 aliphatic carbocycles. The molecule has 4 saturated carbocycles. The molecule has 5 fully saturated rings. The molecule has 0 spiro atoms. The van der Waals surface area contributed by atoms with E-state index in [1.165, 1.54) is 81.6 Å². The minimum Gasteiger partial charge on any atom is -0.358 e. The van der Waals surface area contributed by atoms with Crippen molar-refractivity contribution in [1.82, 2.24) is 4.90 Å². The number of hydrogen-bond acceptors (Lipinski definition) is 2. The van der Waals surface area contributed by atoms with Crippen molar-refractivity contribution in [3.8, 4) is 0 Å². The van der Waals surface area contributed by atoms with Gasteiger partial charge in [-0.15, -0.1) is 0 Å². The fourth-order valence-electron chi connectivity index (χ4n) is 6.22. The molecule has 0 aromatic carbocycles.